The van der Waals surface area contributed by atoms with Gasteiger partial charge in [-0.3, -0.25) is 4.79 Å². The number of rotatable bonds is 5. The van der Waals surface area contributed by atoms with Crippen LogP contribution in [0.3, 0.4) is 0 Å². The van der Waals surface area contributed by atoms with Crippen molar-refractivity contribution in [3.8, 4) is 0 Å². The lowest BCUT2D eigenvalue weighted by Crippen LogP contribution is -2.10. The third-order valence-corrected chi connectivity index (χ3v) is 3.59. The SMILES string of the molecule is CCc1nc(CNc2ccc(C(N)=O)cc2)cs1. The lowest BCUT2D eigenvalue weighted by Gasteiger charge is -2.04. The number of aryl methyl sites for hydroxylation is 1. The van der Waals surface area contributed by atoms with Crippen LogP contribution < -0.4 is 11.1 Å². The highest BCUT2D eigenvalue weighted by molar-refractivity contribution is 7.09. The monoisotopic (exact) mass is 261 g/mol. The number of hydrogen-bond donors (Lipinski definition) is 2. The molecule has 0 aliphatic heterocycles. The molecule has 0 aliphatic rings. The van der Waals surface area contributed by atoms with E-state index in [0.29, 0.717) is 12.1 Å². The lowest BCUT2D eigenvalue weighted by atomic mass is 10.2. The molecule has 3 N–H and O–H groups in total. The fourth-order valence-electron chi connectivity index (χ4n) is 1.54. The van der Waals surface area contributed by atoms with E-state index in [0.717, 1.165) is 22.8 Å². The molecule has 1 amide bonds. The van der Waals surface area contributed by atoms with Crippen LogP contribution in [0.25, 0.3) is 0 Å². The van der Waals surface area contributed by atoms with Crippen LogP contribution >= 0.6 is 11.3 Å². The van der Waals surface area contributed by atoms with E-state index in [1.165, 1.54) is 0 Å². The highest BCUT2D eigenvalue weighted by Gasteiger charge is 2.02. The number of carbonyl (C=O) groups excluding carboxylic acids is 1. The van der Waals surface area contributed by atoms with Crippen LogP contribution in [-0.4, -0.2) is 10.9 Å². The van der Waals surface area contributed by atoms with Crippen molar-refractivity contribution in [1.29, 1.82) is 0 Å². The number of aromatic nitrogens is 1. The average Bonchev–Trinajstić information content (AvgIpc) is 2.85. The van der Waals surface area contributed by atoms with Gasteiger partial charge in [0.15, 0.2) is 0 Å². The molecule has 18 heavy (non-hydrogen) atoms. The summed E-state index contributed by atoms with van der Waals surface area (Å²) in [6.07, 6.45) is 0.970. The van der Waals surface area contributed by atoms with Gasteiger partial charge >= 0.3 is 0 Å². The van der Waals surface area contributed by atoms with Crippen molar-refractivity contribution < 1.29 is 4.79 Å². The number of nitrogens with one attached hydrogen (secondary N) is 1. The zero-order valence-electron chi connectivity index (χ0n) is 10.1. The molecule has 0 bridgehead atoms. The van der Waals surface area contributed by atoms with Crippen LogP contribution in [0.5, 0.6) is 0 Å². The summed E-state index contributed by atoms with van der Waals surface area (Å²) in [5, 5.41) is 6.46. The van der Waals surface area contributed by atoms with Crippen LogP contribution in [0.2, 0.25) is 0 Å². The minimum absolute atomic E-state index is 0.409. The second kappa shape index (κ2) is 5.64. The van der Waals surface area contributed by atoms with Gasteiger partial charge in [-0.1, -0.05) is 6.92 Å². The molecule has 2 aromatic rings. The molecule has 2 rings (SSSR count). The Morgan fingerprint density at radius 2 is 2.11 bits per heavy atom. The zero-order chi connectivity index (χ0) is 13.0. The van der Waals surface area contributed by atoms with Gasteiger partial charge in [0.25, 0.3) is 0 Å². The maximum Gasteiger partial charge on any atom is 0.248 e. The van der Waals surface area contributed by atoms with Crippen molar-refractivity contribution >= 4 is 22.9 Å². The molecule has 0 unspecified atom stereocenters. The van der Waals surface area contributed by atoms with Crippen molar-refractivity contribution in [1.82, 2.24) is 4.98 Å². The molecular formula is C13H15N3OS. The Bertz CT molecular complexity index is 533. The van der Waals surface area contributed by atoms with Crippen molar-refractivity contribution in [2.24, 2.45) is 5.73 Å². The topological polar surface area (TPSA) is 68.0 Å². The minimum atomic E-state index is -0.409. The first-order valence-corrected chi connectivity index (χ1v) is 6.64. The third-order valence-electron chi connectivity index (χ3n) is 2.54. The molecule has 1 aromatic carbocycles. The molecular weight excluding hydrogens is 246 g/mol. The van der Waals surface area contributed by atoms with Gasteiger partial charge in [-0.2, -0.15) is 0 Å². The lowest BCUT2D eigenvalue weighted by molar-refractivity contribution is 0.100. The van der Waals surface area contributed by atoms with E-state index in [4.69, 9.17) is 5.73 Å². The molecule has 1 aromatic heterocycles. The summed E-state index contributed by atoms with van der Waals surface area (Å²) in [6, 6.07) is 7.10. The average molecular weight is 261 g/mol. The summed E-state index contributed by atoms with van der Waals surface area (Å²) in [6.45, 7) is 2.78. The summed E-state index contributed by atoms with van der Waals surface area (Å²) < 4.78 is 0. The fraction of sp³-hybridized carbons (Fsp3) is 0.231. The molecule has 0 radical (unpaired) electrons. The fourth-order valence-corrected chi connectivity index (χ4v) is 2.28. The van der Waals surface area contributed by atoms with Crippen molar-refractivity contribution in [2.45, 2.75) is 19.9 Å². The summed E-state index contributed by atoms with van der Waals surface area (Å²) >= 11 is 1.68. The van der Waals surface area contributed by atoms with Gasteiger partial charge in [0.2, 0.25) is 5.91 Å². The standard InChI is InChI=1S/C13H15N3OS/c1-2-12-16-11(8-18-12)7-15-10-5-3-9(4-6-10)13(14)17/h3-6,8,15H,2,7H2,1H3,(H2,14,17). The van der Waals surface area contributed by atoms with E-state index in [9.17, 15) is 4.79 Å². The van der Waals surface area contributed by atoms with Crippen LogP contribution in [0, 0.1) is 0 Å². The molecule has 1 heterocycles. The van der Waals surface area contributed by atoms with Gasteiger partial charge in [-0.25, -0.2) is 4.98 Å². The maximum atomic E-state index is 10.9. The van der Waals surface area contributed by atoms with Gasteiger partial charge in [-0.05, 0) is 30.7 Å². The van der Waals surface area contributed by atoms with Crippen LogP contribution in [0.15, 0.2) is 29.6 Å². The quantitative estimate of drug-likeness (QED) is 0.868. The Balaban J connectivity index is 1.95. The summed E-state index contributed by atoms with van der Waals surface area (Å²) in [7, 11) is 0. The Morgan fingerprint density at radius 3 is 2.67 bits per heavy atom. The smallest absolute Gasteiger partial charge is 0.248 e. The van der Waals surface area contributed by atoms with Gasteiger partial charge in [0.05, 0.1) is 17.2 Å². The molecule has 94 valence electrons. The van der Waals surface area contributed by atoms with Crippen molar-refractivity contribution in [3.05, 3.63) is 45.9 Å². The molecule has 0 atom stereocenters. The molecule has 0 fully saturated rings. The number of anilines is 1. The highest BCUT2D eigenvalue weighted by atomic mass is 32.1. The number of benzene rings is 1. The number of hydrogen-bond acceptors (Lipinski definition) is 4. The predicted molar refractivity (Wildman–Crippen MR) is 73.8 cm³/mol. The number of nitrogens with zero attached hydrogens (tertiary/aromatic N) is 1. The summed E-state index contributed by atoms with van der Waals surface area (Å²) in [5.41, 5.74) is 7.68. The Morgan fingerprint density at radius 1 is 1.39 bits per heavy atom. The molecule has 4 nitrogen and oxygen atoms in total. The normalized spacial score (nSPS) is 10.3. The Labute approximate surface area is 110 Å². The number of nitrogens with two attached hydrogens (primary N) is 1. The summed E-state index contributed by atoms with van der Waals surface area (Å²) in [4.78, 5) is 15.4. The Hall–Kier alpha value is -1.88. The first kappa shape index (κ1) is 12.6. The number of amides is 1. The minimum Gasteiger partial charge on any atom is -0.379 e. The molecule has 0 aliphatic carbocycles. The summed E-state index contributed by atoms with van der Waals surface area (Å²) in [5.74, 6) is -0.409. The van der Waals surface area contributed by atoms with E-state index in [1.54, 1.807) is 23.5 Å². The number of carbonyl (C=O) groups is 1. The van der Waals surface area contributed by atoms with Gasteiger partial charge in [0.1, 0.15) is 0 Å². The van der Waals surface area contributed by atoms with E-state index in [2.05, 4.69) is 22.6 Å². The third kappa shape index (κ3) is 3.07. The second-order valence-electron chi connectivity index (χ2n) is 3.88. The van der Waals surface area contributed by atoms with Crippen molar-refractivity contribution in [2.75, 3.05) is 5.32 Å². The maximum absolute atomic E-state index is 10.9. The van der Waals surface area contributed by atoms with E-state index in [-0.39, 0.29) is 0 Å². The largest absolute Gasteiger partial charge is 0.379 e. The Kier molecular flexibility index (Phi) is 3.94. The number of thiazole rings is 1. The molecule has 0 saturated heterocycles. The molecule has 5 heteroatoms. The zero-order valence-corrected chi connectivity index (χ0v) is 11.0. The van der Waals surface area contributed by atoms with Gasteiger partial charge < -0.3 is 11.1 Å². The number of primary amides is 1. The van der Waals surface area contributed by atoms with Crippen LogP contribution in [0.4, 0.5) is 5.69 Å². The van der Waals surface area contributed by atoms with Crippen molar-refractivity contribution in [3.63, 3.8) is 0 Å². The van der Waals surface area contributed by atoms with Gasteiger partial charge in [-0.15, -0.1) is 11.3 Å². The predicted octanol–water partition coefficient (Wildman–Crippen LogP) is 2.42. The van der Waals surface area contributed by atoms with E-state index >= 15 is 0 Å². The highest BCUT2D eigenvalue weighted by Crippen LogP contribution is 2.13. The van der Waals surface area contributed by atoms with Crippen LogP contribution in [-0.2, 0) is 13.0 Å². The first-order chi connectivity index (χ1) is 8.69. The van der Waals surface area contributed by atoms with E-state index in [1.807, 2.05) is 12.1 Å². The van der Waals surface area contributed by atoms with E-state index < -0.39 is 5.91 Å². The second-order valence-corrected chi connectivity index (χ2v) is 4.82. The molecule has 0 saturated carbocycles. The first-order valence-electron chi connectivity index (χ1n) is 5.76. The van der Waals surface area contributed by atoms with Crippen LogP contribution in [0.1, 0.15) is 28.0 Å². The van der Waals surface area contributed by atoms with Gasteiger partial charge in [0, 0.05) is 16.6 Å². The molecule has 0 spiro atoms.